The SMILES string of the molecule is CCS(=O)(=O)NC1C2CC2N(C(=O)[C@H](O)C(C)C)C1Cc1cccc(-c2cc(F)cc(F)c2)c1F. The highest BCUT2D eigenvalue weighted by molar-refractivity contribution is 7.89. The van der Waals surface area contributed by atoms with Crippen LogP contribution >= 0.6 is 0 Å². The number of hydrogen-bond donors (Lipinski definition) is 2. The maximum absolute atomic E-state index is 15.6. The van der Waals surface area contributed by atoms with Gasteiger partial charge in [-0.15, -0.1) is 0 Å². The van der Waals surface area contributed by atoms with E-state index in [2.05, 4.69) is 4.72 Å². The van der Waals surface area contributed by atoms with E-state index in [0.717, 1.165) is 12.1 Å². The Balaban J connectivity index is 1.71. The number of nitrogens with zero attached hydrogens (tertiary/aromatic N) is 1. The van der Waals surface area contributed by atoms with Crippen LogP contribution in [0.25, 0.3) is 11.1 Å². The summed E-state index contributed by atoms with van der Waals surface area (Å²) in [5.41, 5.74) is 0.202. The number of fused-ring (bicyclic) bond motifs is 1. The lowest BCUT2D eigenvalue weighted by atomic mass is 9.94. The van der Waals surface area contributed by atoms with E-state index in [1.807, 2.05) is 0 Å². The summed E-state index contributed by atoms with van der Waals surface area (Å²) in [5, 5.41) is 10.5. The maximum atomic E-state index is 15.6. The average Bonchev–Trinajstić information content (AvgIpc) is 3.51. The molecule has 1 aliphatic heterocycles. The Labute approximate surface area is 203 Å². The van der Waals surface area contributed by atoms with Gasteiger partial charge in [-0.25, -0.2) is 26.3 Å². The molecular formula is C25H29F3N2O4S. The molecule has 0 spiro atoms. The van der Waals surface area contributed by atoms with Crippen molar-refractivity contribution in [3.8, 4) is 11.1 Å². The van der Waals surface area contributed by atoms with Crippen molar-refractivity contribution in [3.63, 3.8) is 0 Å². The first-order valence-corrected chi connectivity index (χ1v) is 13.3. The third-order valence-electron chi connectivity index (χ3n) is 6.91. The Morgan fingerprint density at radius 1 is 1.17 bits per heavy atom. The highest BCUT2D eigenvalue weighted by atomic mass is 32.2. The van der Waals surface area contributed by atoms with Crippen LogP contribution in [0.1, 0.15) is 32.8 Å². The number of benzene rings is 2. The molecule has 2 aromatic carbocycles. The summed E-state index contributed by atoms with van der Waals surface area (Å²) in [7, 11) is -3.62. The van der Waals surface area contributed by atoms with Crippen LogP contribution in [0.2, 0.25) is 0 Å². The molecule has 6 nitrogen and oxygen atoms in total. The maximum Gasteiger partial charge on any atom is 0.252 e. The van der Waals surface area contributed by atoms with Crippen LogP contribution in [-0.4, -0.2) is 54.3 Å². The van der Waals surface area contributed by atoms with E-state index in [1.165, 1.54) is 24.0 Å². The van der Waals surface area contributed by atoms with Crippen LogP contribution in [0, 0.1) is 29.3 Å². The lowest BCUT2D eigenvalue weighted by Crippen LogP contribution is -2.54. The fourth-order valence-corrected chi connectivity index (χ4v) is 5.87. The minimum Gasteiger partial charge on any atom is -0.383 e. The number of aliphatic hydroxyl groups is 1. The van der Waals surface area contributed by atoms with E-state index in [0.29, 0.717) is 12.5 Å². The van der Waals surface area contributed by atoms with Gasteiger partial charge >= 0.3 is 0 Å². The number of sulfonamides is 1. The molecule has 2 fully saturated rings. The van der Waals surface area contributed by atoms with E-state index in [1.54, 1.807) is 19.9 Å². The van der Waals surface area contributed by atoms with Gasteiger partial charge < -0.3 is 10.0 Å². The van der Waals surface area contributed by atoms with E-state index in [9.17, 15) is 27.1 Å². The second-order valence-electron chi connectivity index (χ2n) is 9.66. The van der Waals surface area contributed by atoms with Crippen LogP contribution in [0.3, 0.4) is 0 Å². The molecule has 5 atom stereocenters. The van der Waals surface area contributed by atoms with E-state index in [-0.39, 0.29) is 46.7 Å². The van der Waals surface area contributed by atoms with Gasteiger partial charge in [-0.1, -0.05) is 32.0 Å². The fraction of sp³-hybridized carbons (Fsp3) is 0.480. The molecule has 4 rings (SSSR count). The zero-order chi connectivity index (χ0) is 25.7. The summed E-state index contributed by atoms with van der Waals surface area (Å²) in [6.07, 6.45) is -0.709. The van der Waals surface area contributed by atoms with Crippen LogP contribution in [0.4, 0.5) is 13.2 Å². The highest BCUT2D eigenvalue weighted by Gasteiger charge is 2.61. The van der Waals surface area contributed by atoms with Gasteiger partial charge in [-0.05, 0) is 54.9 Å². The Morgan fingerprint density at radius 3 is 2.43 bits per heavy atom. The smallest absolute Gasteiger partial charge is 0.252 e. The minimum absolute atomic E-state index is 0.00478. The van der Waals surface area contributed by atoms with Crippen molar-refractivity contribution in [1.29, 1.82) is 0 Å². The minimum atomic E-state index is -3.62. The van der Waals surface area contributed by atoms with E-state index in [4.69, 9.17) is 0 Å². The van der Waals surface area contributed by atoms with Gasteiger partial charge in [0.25, 0.3) is 5.91 Å². The van der Waals surface area contributed by atoms with Crippen molar-refractivity contribution in [3.05, 3.63) is 59.4 Å². The fourth-order valence-electron chi connectivity index (χ4n) is 4.95. The molecule has 4 unspecified atom stereocenters. The zero-order valence-electron chi connectivity index (χ0n) is 19.7. The molecule has 2 N–H and O–H groups in total. The Hall–Kier alpha value is -2.43. The molecule has 10 heteroatoms. The third kappa shape index (κ3) is 5.10. The molecule has 190 valence electrons. The van der Waals surface area contributed by atoms with Crippen molar-refractivity contribution < 1.29 is 31.5 Å². The third-order valence-corrected chi connectivity index (χ3v) is 8.30. The number of likely N-dealkylation sites (tertiary alicyclic amines) is 1. The number of aliphatic hydroxyl groups excluding tert-OH is 1. The Kier molecular flexibility index (Phi) is 7.00. The predicted molar refractivity (Wildman–Crippen MR) is 125 cm³/mol. The molecule has 1 heterocycles. The largest absolute Gasteiger partial charge is 0.383 e. The number of rotatable bonds is 8. The van der Waals surface area contributed by atoms with Crippen molar-refractivity contribution in [2.24, 2.45) is 11.8 Å². The summed E-state index contributed by atoms with van der Waals surface area (Å²) >= 11 is 0. The van der Waals surface area contributed by atoms with Crippen LogP contribution < -0.4 is 4.72 Å². The van der Waals surface area contributed by atoms with Gasteiger partial charge in [0.2, 0.25) is 10.0 Å². The Morgan fingerprint density at radius 2 is 1.83 bits per heavy atom. The highest BCUT2D eigenvalue weighted by Crippen LogP contribution is 2.49. The first kappa shape index (κ1) is 25.7. The van der Waals surface area contributed by atoms with Crippen molar-refractivity contribution in [1.82, 2.24) is 9.62 Å². The quantitative estimate of drug-likeness (QED) is 0.571. The van der Waals surface area contributed by atoms with Crippen molar-refractivity contribution in [2.75, 3.05) is 5.75 Å². The lowest BCUT2D eigenvalue weighted by Gasteiger charge is -2.34. The van der Waals surface area contributed by atoms with E-state index < -0.39 is 51.6 Å². The number of nitrogens with one attached hydrogen (secondary N) is 1. The molecule has 0 radical (unpaired) electrons. The van der Waals surface area contributed by atoms with Crippen LogP contribution in [0.5, 0.6) is 0 Å². The van der Waals surface area contributed by atoms with Crippen molar-refractivity contribution in [2.45, 2.75) is 57.8 Å². The normalized spacial score (nSPS) is 24.5. The summed E-state index contributed by atoms with van der Waals surface area (Å²) in [6.45, 7) is 4.91. The van der Waals surface area contributed by atoms with Gasteiger partial charge in [-0.2, -0.15) is 0 Å². The zero-order valence-corrected chi connectivity index (χ0v) is 20.5. The van der Waals surface area contributed by atoms with Crippen LogP contribution in [-0.2, 0) is 21.2 Å². The van der Waals surface area contributed by atoms with Gasteiger partial charge in [-0.3, -0.25) is 4.79 Å². The molecule has 0 aromatic heterocycles. The molecule has 1 amide bonds. The molecule has 2 aromatic rings. The van der Waals surface area contributed by atoms with Gasteiger partial charge in [0.15, 0.2) is 0 Å². The molecule has 1 saturated carbocycles. The molecule has 1 saturated heterocycles. The molecule has 35 heavy (non-hydrogen) atoms. The molecule has 1 aliphatic carbocycles. The predicted octanol–water partition coefficient (Wildman–Crippen LogP) is 3.24. The second-order valence-corrected chi connectivity index (χ2v) is 11.7. The summed E-state index contributed by atoms with van der Waals surface area (Å²) < 4.78 is 70.6. The summed E-state index contributed by atoms with van der Waals surface area (Å²) in [4.78, 5) is 14.7. The monoisotopic (exact) mass is 510 g/mol. The average molecular weight is 511 g/mol. The number of carbonyl (C=O) groups excluding carboxylic acids is 1. The molecule has 2 aliphatic rings. The van der Waals surface area contributed by atoms with Gasteiger partial charge in [0.1, 0.15) is 23.6 Å². The first-order valence-electron chi connectivity index (χ1n) is 11.7. The van der Waals surface area contributed by atoms with Crippen LogP contribution in [0.15, 0.2) is 36.4 Å². The number of carbonyl (C=O) groups is 1. The number of piperidine rings is 1. The lowest BCUT2D eigenvalue weighted by molar-refractivity contribution is -0.144. The molecular weight excluding hydrogens is 481 g/mol. The van der Waals surface area contributed by atoms with Crippen molar-refractivity contribution >= 4 is 15.9 Å². The Bertz CT molecular complexity index is 1220. The topological polar surface area (TPSA) is 86.7 Å². The van der Waals surface area contributed by atoms with E-state index >= 15 is 4.39 Å². The van der Waals surface area contributed by atoms with Gasteiger partial charge in [0.05, 0.1) is 11.8 Å². The number of hydrogen-bond acceptors (Lipinski definition) is 4. The molecule has 0 bridgehead atoms. The standard InChI is InChI=1S/C25H29F3N2O4S/c1-4-35(33,34)29-23-19-12-20(19)30(25(32)24(31)13(2)3)21(23)10-14-6-5-7-18(22(14)28)15-8-16(26)11-17(27)9-15/h5-9,11,13,19-21,23-24,29,31H,4,10,12H2,1-3H3/t19?,20?,21?,23?,24-/m1/s1. The number of amides is 1. The number of halogens is 3. The summed E-state index contributed by atoms with van der Waals surface area (Å²) in [5.74, 6) is -3.52. The summed E-state index contributed by atoms with van der Waals surface area (Å²) in [6, 6.07) is 5.61. The van der Waals surface area contributed by atoms with Gasteiger partial charge in [0, 0.05) is 23.7 Å². The first-order chi connectivity index (χ1) is 16.4. The second kappa shape index (κ2) is 9.55.